The Morgan fingerprint density at radius 3 is 2.73 bits per heavy atom. The van der Waals surface area contributed by atoms with Gasteiger partial charge in [0.15, 0.2) is 0 Å². The Bertz CT molecular complexity index is 320. The Balaban J connectivity index is 1.90. The van der Waals surface area contributed by atoms with Gasteiger partial charge in [-0.05, 0) is 25.0 Å². The van der Waals surface area contributed by atoms with Crippen LogP contribution in [-0.2, 0) is 0 Å². The van der Waals surface area contributed by atoms with Gasteiger partial charge >= 0.3 is 0 Å². The van der Waals surface area contributed by atoms with Crippen LogP contribution in [0.4, 0.5) is 5.69 Å². The molecule has 15 heavy (non-hydrogen) atoms. The van der Waals surface area contributed by atoms with E-state index in [-0.39, 0.29) is 0 Å². The van der Waals surface area contributed by atoms with E-state index < -0.39 is 5.60 Å². The molecule has 0 saturated heterocycles. The number of anilines is 1. The number of aliphatic hydroxyl groups is 1. The van der Waals surface area contributed by atoms with Crippen LogP contribution in [0.3, 0.4) is 0 Å². The minimum Gasteiger partial charge on any atom is -0.397 e. The molecule has 0 unspecified atom stereocenters. The Hall–Kier alpha value is -0.740. The first-order valence-electron chi connectivity index (χ1n) is 5.25. The van der Waals surface area contributed by atoms with E-state index in [0.717, 1.165) is 36.5 Å². The van der Waals surface area contributed by atoms with E-state index in [1.54, 1.807) is 18.0 Å². The summed E-state index contributed by atoms with van der Waals surface area (Å²) in [5.74, 6) is 0.740. The highest BCUT2D eigenvalue weighted by molar-refractivity contribution is 7.99. The molecule has 1 aliphatic carbocycles. The van der Waals surface area contributed by atoms with Gasteiger partial charge in [0.2, 0.25) is 0 Å². The first kappa shape index (κ1) is 10.8. The van der Waals surface area contributed by atoms with Gasteiger partial charge in [-0.25, -0.2) is 4.98 Å². The highest BCUT2D eigenvalue weighted by atomic mass is 32.2. The summed E-state index contributed by atoms with van der Waals surface area (Å²) in [5, 5.41) is 11.1. The van der Waals surface area contributed by atoms with Crippen molar-refractivity contribution in [1.29, 1.82) is 0 Å². The lowest BCUT2D eigenvalue weighted by Crippen LogP contribution is -2.27. The molecule has 1 aliphatic rings. The van der Waals surface area contributed by atoms with Crippen molar-refractivity contribution in [2.75, 3.05) is 11.5 Å². The molecule has 3 N–H and O–H groups in total. The highest BCUT2D eigenvalue weighted by Gasteiger charge is 2.30. The van der Waals surface area contributed by atoms with E-state index in [1.165, 1.54) is 0 Å². The molecule has 1 heterocycles. The number of thioether (sulfide) groups is 1. The molecule has 1 fully saturated rings. The lowest BCUT2D eigenvalue weighted by Gasteiger charge is -2.20. The van der Waals surface area contributed by atoms with Gasteiger partial charge in [0.05, 0.1) is 22.5 Å². The number of aromatic nitrogens is 1. The fourth-order valence-electron chi connectivity index (χ4n) is 1.86. The number of nitrogen functional groups attached to an aromatic ring is 1. The van der Waals surface area contributed by atoms with E-state index in [2.05, 4.69) is 4.98 Å². The molecule has 82 valence electrons. The lowest BCUT2D eigenvalue weighted by atomic mass is 10.1. The van der Waals surface area contributed by atoms with E-state index in [9.17, 15) is 5.11 Å². The molecule has 0 amide bonds. The molecule has 0 radical (unpaired) electrons. The van der Waals surface area contributed by atoms with Crippen LogP contribution in [-0.4, -0.2) is 21.4 Å². The minimum atomic E-state index is -0.465. The minimum absolute atomic E-state index is 0.465. The quantitative estimate of drug-likeness (QED) is 0.772. The molecule has 0 atom stereocenters. The predicted octanol–water partition coefficient (Wildman–Crippen LogP) is 2.06. The number of hydrogen-bond acceptors (Lipinski definition) is 4. The molecular formula is C11H16N2OS. The van der Waals surface area contributed by atoms with E-state index >= 15 is 0 Å². The predicted molar refractivity (Wildman–Crippen MR) is 62.8 cm³/mol. The largest absolute Gasteiger partial charge is 0.397 e. The van der Waals surface area contributed by atoms with Gasteiger partial charge in [-0.3, -0.25) is 0 Å². The number of nitrogens with two attached hydrogens (primary N) is 1. The van der Waals surface area contributed by atoms with E-state index in [1.807, 2.05) is 12.1 Å². The number of pyridine rings is 1. The fraction of sp³-hybridized carbons (Fsp3) is 0.545. The van der Waals surface area contributed by atoms with Crippen LogP contribution in [0.2, 0.25) is 0 Å². The van der Waals surface area contributed by atoms with Crippen molar-refractivity contribution in [2.24, 2.45) is 0 Å². The van der Waals surface area contributed by atoms with Crippen LogP contribution < -0.4 is 5.73 Å². The second-order valence-corrected chi connectivity index (χ2v) is 5.15. The van der Waals surface area contributed by atoms with Crippen LogP contribution in [0.5, 0.6) is 0 Å². The Morgan fingerprint density at radius 2 is 2.13 bits per heavy atom. The molecule has 1 saturated carbocycles. The van der Waals surface area contributed by atoms with Crippen molar-refractivity contribution >= 4 is 17.4 Å². The third-order valence-corrected chi connectivity index (χ3v) is 4.00. The highest BCUT2D eigenvalue weighted by Crippen LogP contribution is 2.34. The van der Waals surface area contributed by atoms with Gasteiger partial charge in [-0.2, -0.15) is 0 Å². The second kappa shape index (κ2) is 4.41. The van der Waals surface area contributed by atoms with Crippen LogP contribution in [0.1, 0.15) is 25.7 Å². The lowest BCUT2D eigenvalue weighted by molar-refractivity contribution is 0.0732. The third kappa shape index (κ3) is 2.86. The Labute approximate surface area is 94.1 Å². The molecule has 0 aliphatic heterocycles. The van der Waals surface area contributed by atoms with Gasteiger partial charge in [-0.15, -0.1) is 11.8 Å². The number of rotatable bonds is 3. The summed E-state index contributed by atoms with van der Waals surface area (Å²) in [5.41, 5.74) is 5.76. The van der Waals surface area contributed by atoms with Crippen molar-refractivity contribution < 1.29 is 5.11 Å². The first-order valence-corrected chi connectivity index (χ1v) is 6.23. The summed E-state index contributed by atoms with van der Waals surface area (Å²) >= 11 is 1.61. The summed E-state index contributed by atoms with van der Waals surface area (Å²) in [4.78, 5) is 4.20. The molecule has 0 spiro atoms. The van der Waals surface area contributed by atoms with Gasteiger partial charge in [0, 0.05) is 5.75 Å². The van der Waals surface area contributed by atoms with E-state index in [4.69, 9.17) is 5.73 Å². The fourth-order valence-corrected chi connectivity index (χ4v) is 2.86. The zero-order chi connectivity index (χ0) is 10.7. The van der Waals surface area contributed by atoms with Crippen molar-refractivity contribution in [3.05, 3.63) is 18.3 Å². The molecular weight excluding hydrogens is 208 g/mol. The zero-order valence-corrected chi connectivity index (χ0v) is 9.46. The van der Waals surface area contributed by atoms with Gasteiger partial charge in [0.1, 0.15) is 0 Å². The maximum absolute atomic E-state index is 10.1. The molecule has 4 heteroatoms. The average Bonchev–Trinajstić information content (AvgIpc) is 2.65. The molecule has 0 aromatic carbocycles. The van der Waals surface area contributed by atoms with Crippen LogP contribution >= 0.6 is 11.8 Å². The maximum Gasteiger partial charge on any atom is 0.0962 e. The molecule has 1 aromatic heterocycles. The average molecular weight is 224 g/mol. The van der Waals surface area contributed by atoms with Crippen LogP contribution in [0.15, 0.2) is 23.4 Å². The zero-order valence-electron chi connectivity index (χ0n) is 8.65. The summed E-state index contributed by atoms with van der Waals surface area (Å²) in [7, 11) is 0. The molecule has 0 bridgehead atoms. The number of hydrogen-bond donors (Lipinski definition) is 2. The normalized spacial score (nSPS) is 19.3. The summed E-state index contributed by atoms with van der Waals surface area (Å²) in [6.45, 7) is 0. The Kier molecular flexibility index (Phi) is 3.17. The second-order valence-electron chi connectivity index (χ2n) is 4.15. The van der Waals surface area contributed by atoms with Crippen molar-refractivity contribution in [3.63, 3.8) is 0 Å². The van der Waals surface area contributed by atoms with Crippen LogP contribution in [0.25, 0.3) is 0 Å². The summed E-state index contributed by atoms with van der Waals surface area (Å²) < 4.78 is 0. The summed E-state index contributed by atoms with van der Waals surface area (Å²) in [6.07, 6.45) is 5.80. The molecule has 3 nitrogen and oxygen atoms in total. The van der Waals surface area contributed by atoms with Crippen molar-refractivity contribution in [1.82, 2.24) is 4.98 Å². The maximum atomic E-state index is 10.1. The van der Waals surface area contributed by atoms with Gasteiger partial charge in [-0.1, -0.05) is 12.8 Å². The SMILES string of the molecule is Nc1ccc(SCC2(O)CCCC2)nc1. The first-order chi connectivity index (χ1) is 7.18. The van der Waals surface area contributed by atoms with Gasteiger partial charge in [0.25, 0.3) is 0 Å². The summed E-state index contributed by atoms with van der Waals surface area (Å²) in [6, 6.07) is 3.74. The standard InChI is InChI=1S/C11H16N2OS/c12-9-3-4-10(13-7-9)15-8-11(14)5-1-2-6-11/h3-4,7,14H,1-2,5-6,8,12H2. The Morgan fingerprint density at radius 1 is 1.40 bits per heavy atom. The van der Waals surface area contributed by atoms with E-state index in [0.29, 0.717) is 5.69 Å². The third-order valence-electron chi connectivity index (χ3n) is 2.78. The monoisotopic (exact) mass is 224 g/mol. The molecule has 2 rings (SSSR count). The van der Waals surface area contributed by atoms with Crippen LogP contribution in [0, 0.1) is 0 Å². The topological polar surface area (TPSA) is 59.1 Å². The van der Waals surface area contributed by atoms with Gasteiger partial charge < -0.3 is 10.8 Å². The number of nitrogens with zero attached hydrogens (tertiary/aromatic N) is 1. The van der Waals surface area contributed by atoms with Crippen molar-refractivity contribution in [2.45, 2.75) is 36.3 Å². The van der Waals surface area contributed by atoms with Crippen molar-refractivity contribution in [3.8, 4) is 0 Å². The molecule has 1 aromatic rings. The smallest absolute Gasteiger partial charge is 0.0962 e.